The first-order chi connectivity index (χ1) is 10.2. The molecule has 21 heavy (non-hydrogen) atoms. The summed E-state index contributed by atoms with van der Waals surface area (Å²) in [5.74, 6) is 1.56. The lowest BCUT2D eigenvalue weighted by molar-refractivity contribution is 0.444. The zero-order valence-electron chi connectivity index (χ0n) is 12.0. The molecule has 2 heterocycles. The van der Waals surface area contributed by atoms with Crippen LogP contribution in [0.5, 0.6) is 0 Å². The van der Waals surface area contributed by atoms with E-state index in [1.165, 1.54) is 18.6 Å². The van der Waals surface area contributed by atoms with Gasteiger partial charge in [0.2, 0.25) is 5.95 Å². The molecule has 0 amide bonds. The van der Waals surface area contributed by atoms with Gasteiger partial charge in [-0.3, -0.25) is 0 Å². The van der Waals surface area contributed by atoms with Crippen LogP contribution in [-0.2, 0) is 0 Å². The summed E-state index contributed by atoms with van der Waals surface area (Å²) in [4.78, 5) is 6.70. The predicted molar refractivity (Wildman–Crippen MR) is 80.1 cm³/mol. The average Bonchev–Trinajstić information content (AvgIpc) is 2.47. The minimum atomic E-state index is -0.297. The first-order valence-corrected chi connectivity index (χ1v) is 7.18. The quantitative estimate of drug-likeness (QED) is 0.940. The fourth-order valence-corrected chi connectivity index (χ4v) is 2.59. The Morgan fingerprint density at radius 2 is 2.29 bits per heavy atom. The van der Waals surface area contributed by atoms with Crippen LogP contribution in [0.25, 0.3) is 0 Å². The molecular formula is C15H18FN5. The Kier molecular flexibility index (Phi) is 3.94. The normalized spacial score (nSPS) is 18.6. The van der Waals surface area contributed by atoms with Gasteiger partial charge in [-0.05, 0) is 37.0 Å². The lowest BCUT2D eigenvalue weighted by Crippen LogP contribution is -2.35. The number of nitrogens with zero attached hydrogens (tertiary/aromatic N) is 4. The van der Waals surface area contributed by atoms with E-state index in [0.29, 0.717) is 17.6 Å². The number of anilines is 3. The number of rotatable bonds is 3. The number of hydrogen-bond acceptors (Lipinski definition) is 5. The van der Waals surface area contributed by atoms with E-state index < -0.39 is 0 Å². The van der Waals surface area contributed by atoms with Gasteiger partial charge in [0.05, 0.1) is 6.20 Å². The van der Waals surface area contributed by atoms with Gasteiger partial charge in [-0.1, -0.05) is 13.0 Å². The van der Waals surface area contributed by atoms with Crippen LogP contribution in [0.15, 0.2) is 30.5 Å². The average molecular weight is 287 g/mol. The monoisotopic (exact) mass is 287 g/mol. The highest BCUT2D eigenvalue weighted by atomic mass is 19.1. The molecule has 2 aromatic rings. The minimum Gasteiger partial charge on any atom is -0.355 e. The van der Waals surface area contributed by atoms with Crippen molar-refractivity contribution in [2.75, 3.05) is 23.3 Å². The highest BCUT2D eigenvalue weighted by Gasteiger charge is 2.18. The standard InChI is InChI=1S/C15H18FN5/c1-11-4-3-7-21(10-11)14-9-17-20-15(19-14)18-13-6-2-5-12(16)8-13/h2,5-6,8-9,11H,3-4,7,10H2,1H3,(H,18,19,20). The van der Waals surface area contributed by atoms with Crippen LogP contribution in [0.2, 0.25) is 0 Å². The number of aromatic nitrogens is 3. The fraction of sp³-hybridized carbons (Fsp3) is 0.400. The van der Waals surface area contributed by atoms with E-state index >= 15 is 0 Å². The topological polar surface area (TPSA) is 53.9 Å². The van der Waals surface area contributed by atoms with Gasteiger partial charge >= 0.3 is 0 Å². The van der Waals surface area contributed by atoms with Crippen LogP contribution in [0.1, 0.15) is 19.8 Å². The van der Waals surface area contributed by atoms with Crippen LogP contribution in [0.4, 0.5) is 21.8 Å². The molecule has 1 saturated heterocycles. The molecule has 0 aliphatic carbocycles. The van der Waals surface area contributed by atoms with Crippen LogP contribution >= 0.6 is 0 Å². The van der Waals surface area contributed by atoms with Crippen molar-refractivity contribution in [3.05, 3.63) is 36.3 Å². The molecule has 1 aliphatic rings. The van der Waals surface area contributed by atoms with Crippen molar-refractivity contribution >= 4 is 17.5 Å². The molecule has 5 nitrogen and oxygen atoms in total. The predicted octanol–water partition coefficient (Wildman–Crippen LogP) is 2.99. The lowest BCUT2D eigenvalue weighted by Gasteiger charge is -2.31. The molecule has 1 aromatic carbocycles. The summed E-state index contributed by atoms with van der Waals surface area (Å²) in [6.45, 7) is 4.22. The molecule has 1 aromatic heterocycles. The molecule has 0 spiro atoms. The Morgan fingerprint density at radius 3 is 3.10 bits per heavy atom. The summed E-state index contributed by atoms with van der Waals surface area (Å²) in [6.07, 6.45) is 4.09. The fourth-order valence-electron chi connectivity index (χ4n) is 2.59. The van der Waals surface area contributed by atoms with E-state index in [4.69, 9.17) is 0 Å². The van der Waals surface area contributed by atoms with E-state index in [9.17, 15) is 4.39 Å². The van der Waals surface area contributed by atoms with Crippen molar-refractivity contribution in [1.82, 2.24) is 15.2 Å². The maximum absolute atomic E-state index is 13.2. The van der Waals surface area contributed by atoms with Crippen molar-refractivity contribution in [1.29, 1.82) is 0 Å². The molecule has 0 bridgehead atoms. The molecule has 110 valence electrons. The van der Waals surface area contributed by atoms with Crippen LogP contribution in [0, 0.1) is 11.7 Å². The Bertz CT molecular complexity index is 619. The highest BCUT2D eigenvalue weighted by molar-refractivity contribution is 5.54. The van der Waals surface area contributed by atoms with E-state index in [0.717, 1.165) is 25.3 Å². The second-order valence-corrected chi connectivity index (χ2v) is 5.47. The number of halogens is 1. The molecule has 1 aliphatic heterocycles. The lowest BCUT2D eigenvalue weighted by atomic mass is 10.0. The zero-order valence-corrected chi connectivity index (χ0v) is 12.0. The van der Waals surface area contributed by atoms with Gasteiger partial charge in [-0.2, -0.15) is 10.1 Å². The number of nitrogens with one attached hydrogen (secondary N) is 1. The van der Waals surface area contributed by atoms with Crippen molar-refractivity contribution in [3.8, 4) is 0 Å². The van der Waals surface area contributed by atoms with Crippen LogP contribution in [0.3, 0.4) is 0 Å². The van der Waals surface area contributed by atoms with Gasteiger partial charge in [0.1, 0.15) is 5.82 Å². The third kappa shape index (κ3) is 3.45. The van der Waals surface area contributed by atoms with Gasteiger partial charge in [0, 0.05) is 18.8 Å². The molecule has 1 unspecified atom stereocenters. The summed E-state index contributed by atoms with van der Waals surface area (Å²) in [5.41, 5.74) is 0.612. The third-order valence-corrected chi connectivity index (χ3v) is 3.61. The van der Waals surface area contributed by atoms with E-state index in [2.05, 4.69) is 32.3 Å². The van der Waals surface area contributed by atoms with E-state index in [1.807, 2.05) is 0 Å². The van der Waals surface area contributed by atoms with Crippen molar-refractivity contribution in [2.45, 2.75) is 19.8 Å². The van der Waals surface area contributed by atoms with Gasteiger partial charge in [0.15, 0.2) is 5.82 Å². The molecule has 1 N–H and O–H groups in total. The Hall–Kier alpha value is -2.24. The summed E-state index contributed by atoms with van der Waals surface area (Å²) in [7, 11) is 0. The first kappa shape index (κ1) is 13.7. The Morgan fingerprint density at radius 1 is 1.38 bits per heavy atom. The number of piperidine rings is 1. The number of hydrogen-bond donors (Lipinski definition) is 1. The second-order valence-electron chi connectivity index (χ2n) is 5.47. The smallest absolute Gasteiger partial charge is 0.249 e. The zero-order chi connectivity index (χ0) is 14.7. The molecule has 6 heteroatoms. The molecular weight excluding hydrogens is 269 g/mol. The largest absolute Gasteiger partial charge is 0.355 e. The Labute approximate surface area is 123 Å². The third-order valence-electron chi connectivity index (χ3n) is 3.61. The summed E-state index contributed by atoms with van der Waals surface area (Å²) in [5, 5.41) is 10.9. The maximum Gasteiger partial charge on any atom is 0.249 e. The summed E-state index contributed by atoms with van der Waals surface area (Å²) in [6, 6.07) is 6.21. The molecule has 1 fully saturated rings. The molecule has 0 saturated carbocycles. The maximum atomic E-state index is 13.2. The summed E-state index contributed by atoms with van der Waals surface area (Å²) < 4.78 is 13.2. The van der Waals surface area contributed by atoms with Gasteiger partial charge < -0.3 is 10.2 Å². The van der Waals surface area contributed by atoms with Gasteiger partial charge in [-0.15, -0.1) is 5.10 Å². The highest BCUT2D eigenvalue weighted by Crippen LogP contribution is 2.22. The van der Waals surface area contributed by atoms with Crippen LogP contribution < -0.4 is 10.2 Å². The van der Waals surface area contributed by atoms with Crippen molar-refractivity contribution < 1.29 is 4.39 Å². The minimum absolute atomic E-state index is 0.297. The van der Waals surface area contributed by atoms with E-state index in [-0.39, 0.29) is 5.82 Å². The van der Waals surface area contributed by atoms with Gasteiger partial charge in [0.25, 0.3) is 0 Å². The molecule has 0 radical (unpaired) electrons. The SMILES string of the molecule is CC1CCCN(c2cnnc(Nc3cccc(F)c3)n2)C1. The van der Waals surface area contributed by atoms with E-state index in [1.54, 1.807) is 18.3 Å². The van der Waals surface area contributed by atoms with Crippen molar-refractivity contribution in [3.63, 3.8) is 0 Å². The Balaban J connectivity index is 1.76. The second kappa shape index (κ2) is 6.03. The van der Waals surface area contributed by atoms with Gasteiger partial charge in [-0.25, -0.2) is 4.39 Å². The number of benzene rings is 1. The molecule has 1 atom stereocenters. The summed E-state index contributed by atoms with van der Waals surface area (Å²) >= 11 is 0. The van der Waals surface area contributed by atoms with Crippen molar-refractivity contribution in [2.24, 2.45) is 5.92 Å². The van der Waals surface area contributed by atoms with Crippen LogP contribution in [-0.4, -0.2) is 28.3 Å². The molecule has 3 rings (SSSR count). The first-order valence-electron chi connectivity index (χ1n) is 7.18.